The monoisotopic (exact) mass is 440 g/mol. The minimum Gasteiger partial charge on any atom is -0.360 e. The van der Waals surface area contributed by atoms with Crippen molar-refractivity contribution in [1.82, 2.24) is 15.4 Å². The lowest BCUT2D eigenvalue weighted by Crippen LogP contribution is -2.56. The summed E-state index contributed by atoms with van der Waals surface area (Å²) in [6, 6.07) is 1.05. The number of fused-ring (bicyclic) bond motifs is 1. The predicted octanol–water partition coefficient (Wildman–Crippen LogP) is 1.68. The average molecular weight is 441 g/mol. The highest BCUT2D eigenvalue weighted by Gasteiger charge is 2.77. The van der Waals surface area contributed by atoms with Gasteiger partial charge >= 0.3 is 0 Å². The second-order valence-corrected chi connectivity index (χ2v) is 10.1. The Labute approximate surface area is 185 Å². The Hall–Kier alpha value is -2.68. The van der Waals surface area contributed by atoms with E-state index in [2.05, 4.69) is 15.8 Å². The molecule has 6 rings (SSSR count). The number of rotatable bonds is 5. The molecule has 2 saturated carbocycles. The number of likely N-dealkylation sites (tertiary alicyclic amines) is 1. The molecule has 2 bridgehead atoms. The van der Waals surface area contributed by atoms with Crippen LogP contribution in [0, 0.1) is 18.8 Å². The third kappa shape index (κ3) is 2.73. The quantitative estimate of drug-likeness (QED) is 0.674. The van der Waals surface area contributed by atoms with E-state index in [-0.39, 0.29) is 29.8 Å². The molecule has 0 unspecified atom stereocenters. The molecule has 1 aromatic heterocycles. The smallest absolute Gasteiger partial charge is 0.246 e. The number of carbonyl (C=O) groups excluding carboxylic acids is 3. The van der Waals surface area contributed by atoms with Gasteiger partial charge in [0.1, 0.15) is 17.4 Å². The normalized spacial score (nSPS) is 37.9. The van der Waals surface area contributed by atoms with Crippen molar-refractivity contribution in [2.24, 2.45) is 11.8 Å². The number of aromatic nitrogens is 1. The van der Waals surface area contributed by atoms with Gasteiger partial charge in [-0.3, -0.25) is 14.4 Å². The molecule has 3 amide bonds. The summed E-state index contributed by atoms with van der Waals surface area (Å²) >= 11 is 0. The molecular weight excluding hydrogens is 412 g/mol. The molecule has 4 fully saturated rings. The Morgan fingerprint density at radius 3 is 2.56 bits per heavy atom. The maximum absolute atomic E-state index is 13.7. The van der Waals surface area contributed by atoms with Crippen molar-refractivity contribution < 1.29 is 23.6 Å². The Morgan fingerprint density at radius 2 is 1.91 bits per heavy atom. The van der Waals surface area contributed by atoms with Gasteiger partial charge in [-0.05, 0) is 39.5 Å². The van der Waals surface area contributed by atoms with Crippen molar-refractivity contribution in [1.29, 1.82) is 0 Å². The van der Waals surface area contributed by atoms with E-state index in [0.29, 0.717) is 11.6 Å². The van der Waals surface area contributed by atoms with Crippen LogP contribution >= 0.6 is 0 Å². The third-order valence-corrected chi connectivity index (χ3v) is 7.79. The number of amides is 3. The number of carbonyl (C=O) groups is 3. The van der Waals surface area contributed by atoms with E-state index in [9.17, 15) is 14.4 Å². The van der Waals surface area contributed by atoms with Gasteiger partial charge in [0.2, 0.25) is 17.7 Å². The summed E-state index contributed by atoms with van der Waals surface area (Å²) in [5, 5.41) is 9.80. The molecule has 9 heteroatoms. The number of hydrogen-bond donors (Lipinski definition) is 2. The van der Waals surface area contributed by atoms with Crippen LogP contribution in [0.3, 0.4) is 0 Å². The maximum Gasteiger partial charge on any atom is 0.246 e. The fourth-order valence-corrected chi connectivity index (χ4v) is 6.29. The topological polar surface area (TPSA) is 114 Å². The third-order valence-electron chi connectivity index (χ3n) is 7.79. The highest BCUT2D eigenvalue weighted by atomic mass is 16.5. The van der Waals surface area contributed by atoms with Gasteiger partial charge in [-0.25, -0.2) is 0 Å². The molecule has 2 saturated heterocycles. The minimum atomic E-state index is -1.13. The summed E-state index contributed by atoms with van der Waals surface area (Å²) in [6.07, 6.45) is 9.59. The SMILES string of the molecule is Cc1cc(NC(=O)[C@H]2[C@@H]3C(=O)N(C4CC4)[C@H](C(=O)NC4CCCC4)[C@@]34C=C[C@]2(C)O4)no1. The first-order valence-electron chi connectivity index (χ1n) is 11.6. The highest BCUT2D eigenvalue weighted by Crippen LogP contribution is 2.61. The summed E-state index contributed by atoms with van der Waals surface area (Å²) in [5.41, 5.74) is -2.09. The standard InChI is InChI=1S/C23H28N4O5/c1-12-11-15(26-31-12)25-19(28)16-17-21(30)27(14-7-8-14)18(20(29)24-13-5-3-4-6-13)23(17)10-9-22(16,2)32-23/h9-11,13-14,16-18H,3-8H2,1-2H3,(H,24,29)(H,25,26,28)/t16-,17-,18-,22+,23-/m1/s1. The van der Waals surface area contributed by atoms with E-state index in [4.69, 9.17) is 9.26 Å². The van der Waals surface area contributed by atoms with Gasteiger partial charge in [0, 0.05) is 18.2 Å². The fourth-order valence-electron chi connectivity index (χ4n) is 6.29. The van der Waals surface area contributed by atoms with E-state index in [1.165, 1.54) is 0 Å². The Bertz CT molecular complexity index is 1030. The Balaban J connectivity index is 1.34. The fraction of sp³-hybridized carbons (Fsp3) is 0.652. The highest BCUT2D eigenvalue weighted by molar-refractivity contribution is 6.03. The predicted molar refractivity (Wildman–Crippen MR) is 112 cm³/mol. The van der Waals surface area contributed by atoms with Gasteiger partial charge in [-0.1, -0.05) is 30.2 Å². The zero-order chi connectivity index (χ0) is 22.3. The van der Waals surface area contributed by atoms with Crippen LogP contribution in [0.2, 0.25) is 0 Å². The van der Waals surface area contributed by atoms with Crippen molar-refractivity contribution >= 4 is 23.5 Å². The molecule has 1 spiro atoms. The van der Waals surface area contributed by atoms with Crippen molar-refractivity contribution in [2.75, 3.05) is 5.32 Å². The molecule has 9 nitrogen and oxygen atoms in total. The van der Waals surface area contributed by atoms with Crippen molar-refractivity contribution in [2.45, 2.75) is 81.7 Å². The summed E-state index contributed by atoms with van der Waals surface area (Å²) in [6.45, 7) is 3.56. The molecule has 3 aliphatic heterocycles. The first-order valence-corrected chi connectivity index (χ1v) is 11.6. The number of nitrogens with one attached hydrogen (secondary N) is 2. The second-order valence-electron chi connectivity index (χ2n) is 10.1. The van der Waals surface area contributed by atoms with E-state index < -0.39 is 29.1 Å². The van der Waals surface area contributed by atoms with E-state index in [0.717, 1.165) is 38.5 Å². The van der Waals surface area contributed by atoms with Crippen LogP contribution in [0.15, 0.2) is 22.7 Å². The average Bonchev–Trinajstić information content (AvgIpc) is 3.06. The van der Waals surface area contributed by atoms with Gasteiger partial charge in [-0.15, -0.1) is 0 Å². The first kappa shape index (κ1) is 20.0. The molecule has 0 aromatic carbocycles. The summed E-state index contributed by atoms with van der Waals surface area (Å²) in [4.78, 5) is 42.4. The largest absolute Gasteiger partial charge is 0.360 e. The second kappa shape index (κ2) is 6.66. The zero-order valence-electron chi connectivity index (χ0n) is 18.3. The molecule has 4 heterocycles. The van der Waals surface area contributed by atoms with Crippen LogP contribution in [0.4, 0.5) is 5.82 Å². The maximum atomic E-state index is 13.7. The summed E-state index contributed by atoms with van der Waals surface area (Å²) in [5.74, 6) is -1.30. The minimum absolute atomic E-state index is 0.0348. The molecule has 5 atom stereocenters. The van der Waals surface area contributed by atoms with Crippen LogP contribution in [-0.2, 0) is 19.1 Å². The molecule has 2 N–H and O–H groups in total. The van der Waals surface area contributed by atoms with Gasteiger partial charge < -0.3 is 24.8 Å². The van der Waals surface area contributed by atoms with Gasteiger partial charge in [-0.2, -0.15) is 0 Å². The first-order chi connectivity index (χ1) is 15.3. The van der Waals surface area contributed by atoms with Crippen molar-refractivity contribution in [3.63, 3.8) is 0 Å². The molecule has 170 valence electrons. The molecule has 32 heavy (non-hydrogen) atoms. The van der Waals surface area contributed by atoms with Crippen molar-refractivity contribution in [3.05, 3.63) is 24.0 Å². The zero-order valence-corrected chi connectivity index (χ0v) is 18.3. The number of nitrogens with zero attached hydrogens (tertiary/aromatic N) is 2. The summed E-state index contributed by atoms with van der Waals surface area (Å²) in [7, 11) is 0. The molecule has 2 aliphatic carbocycles. The number of anilines is 1. The number of ether oxygens (including phenoxy) is 1. The van der Waals surface area contributed by atoms with Crippen LogP contribution < -0.4 is 10.6 Å². The van der Waals surface area contributed by atoms with E-state index in [1.54, 1.807) is 17.9 Å². The van der Waals surface area contributed by atoms with Crippen LogP contribution in [0.25, 0.3) is 0 Å². The molecular formula is C23H28N4O5. The van der Waals surface area contributed by atoms with Crippen LogP contribution in [0.5, 0.6) is 0 Å². The molecule has 5 aliphatic rings. The Kier molecular flexibility index (Phi) is 4.16. The molecule has 1 aromatic rings. The van der Waals surface area contributed by atoms with Gasteiger partial charge in [0.15, 0.2) is 5.82 Å². The summed E-state index contributed by atoms with van der Waals surface area (Å²) < 4.78 is 11.5. The van der Waals surface area contributed by atoms with E-state index >= 15 is 0 Å². The van der Waals surface area contributed by atoms with Gasteiger partial charge in [0.25, 0.3) is 0 Å². The van der Waals surface area contributed by atoms with Crippen molar-refractivity contribution in [3.8, 4) is 0 Å². The lowest BCUT2D eigenvalue weighted by molar-refractivity contribution is -0.144. The van der Waals surface area contributed by atoms with E-state index in [1.807, 2.05) is 19.1 Å². The lowest BCUT2D eigenvalue weighted by atomic mass is 9.70. The van der Waals surface area contributed by atoms with Crippen LogP contribution in [0.1, 0.15) is 51.2 Å². The van der Waals surface area contributed by atoms with Gasteiger partial charge in [0.05, 0.1) is 17.4 Å². The van der Waals surface area contributed by atoms with Crippen LogP contribution in [-0.4, -0.2) is 57.1 Å². The number of hydrogen-bond acceptors (Lipinski definition) is 6. The number of aryl methyl sites for hydroxylation is 1. The molecule has 0 radical (unpaired) electrons. The Morgan fingerprint density at radius 1 is 1.16 bits per heavy atom. The lowest BCUT2D eigenvalue weighted by Gasteiger charge is -2.33.